The van der Waals surface area contributed by atoms with Gasteiger partial charge >= 0.3 is 0 Å². The number of sulfonamides is 1. The second kappa shape index (κ2) is 9.54. The Bertz CT molecular complexity index is 802. The minimum absolute atomic E-state index is 0. The average molecular weight is 432 g/mol. The summed E-state index contributed by atoms with van der Waals surface area (Å²) in [5.74, 6) is 0.0578. The van der Waals surface area contributed by atoms with E-state index in [4.69, 9.17) is 10.5 Å². The van der Waals surface area contributed by atoms with Gasteiger partial charge in [0.25, 0.3) is 0 Å². The molecule has 2 unspecified atom stereocenters. The Labute approximate surface area is 173 Å². The Kier molecular flexibility index (Phi) is 7.87. The normalized spacial score (nSPS) is 23.5. The van der Waals surface area contributed by atoms with E-state index < -0.39 is 10.0 Å². The van der Waals surface area contributed by atoms with Crippen LogP contribution >= 0.6 is 12.4 Å². The molecule has 2 aliphatic heterocycles. The van der Waals surface area contributed by atoms with Gasteiger partial charge in [-0.3, -0.25) is 4.79 Å². The number of carbonyl (C=O) groups is 1. The molecule has 9 heteroatoms. The van der Waals surface area contributed by atoms with E-state index in [0.29, 0.717) is 43.8 Å². The Morgan fingerprint density at radius 2 is 1.89 bits per heavy atom. The van der Waals surface area contributed by atoms with Crippen molar-refractivity contribution < 1.29 is 17.9 Å². The van der Waals surface area contributed by atoms with Crippen molar-refractivity contribution in [3.8, 4) is 0 Å². The number of nitrogens with two attached hydrogens (primary N) is 1. The highest BCUT2D eigenvalue weighted by Crippen LogP contribution is 2.28. The maximum Gasteiger partial charge on any atom is 0.243 e. The van der Waals surface area contributed by atoms with Crippen LogP contribution in [0.1, 0.15) is 30.9 Å². The van der Waals surface area contributed by atoms with Gasteiger partial charge < -0.3 is 15.4 Å². The lowest BCUT2D eigenvalue weighted by atomic mass is 10.0. The lowest BCUT2D eigenvalue weighted by Gasteiger charge is -2.37. The van der Waals surface area contributed by atoms with Crippen LogP contribution in [0.25, 0.3) is 0 Å². The molecule has 2 atom stereocenters. The van der Waals surface area contributed by atoms with Crippen molar-refractivity contribution >= 4 is 28.3 Å². The Morgan fingerprint density at radius 1 is 1.21 bits per heavy atom. The van der Waals surface area contributed by atoms with Crippen LogP contribution in [0.15, 0.2) is 23.1 Å². The van der Waals surface area contributed by atoms with E-state index in [0.717, 1.165) is 17.5 Å². The largest absolute Gasteiger partial charge is 0.381 e. The molecule has 3 rings (SSSR count). The predicted octanol–water partition coefficient (Wildman–Crippen LogP) is 1.18. The first-order valence-corrected chi connectivity index (χ1v) is 10.9. The summed E-state index contributed by atoms with van der Waals surface area (Å²) in [7, 11) is -1.96. The number of rotatable bonds is 4. The van der Waals surface area contributed by atoms with E-state index in [-0.39, 0.29) is 37.0 Å². The predicted molar refractivity (Wildman–Crippen MR) is 110 cm³/mol. The Hall–Kier alpha value is -1.19. The van der Waals surface area contributed by atoms with Gasteiger partial charge in [-0.15, -0.1) is 12.4 Å². The summed E-state index contributed by atoms with van der Waals surface area (Å²) < 4.78 is 33.5. The lowest BCUT2D eigenvalue weighted by Crippen LogP contribution is -2.51. The topological polar surface area (TPSA) is 92.9 Å². The molecule has 0 aromatic heterocycles. The molecule has 1 saturated heterocycles. The highest BCUT2D eigenvalue weighted by Gasteiger charge is 2.36. The summed E-state index contributed by atoms with van der Waals surface area (Å²) in [6.45, 7) is 3.56. The lowest BCUT2D eigenvalue weighted by molar-refractivity contribution is -0.128. The van der Waals surface area contributed by atoms with Crippen molar-refractivity contribution in [3.05, 3.63) is 29.3 Å². The van der Waals surface area contributed by atoms with E-state index in [2.05, 4.69) is 0 Å². The van der Waals surface area contributed by atoms with Gasteiger partial charge in [-0.05, 0) is 48.9 Å². The molecule has 1 amide bonds. The molecule has 2 N–H and O–H groups in total. The summed E-state index contributed by atoms with van der Waals surface area (Å²) in [6, 6.07) is 5.11. The zero-order chi connectivity index (χ0) is 19.6. The van der Waals surface area contributed by atoms with Gasteiger partial charge in [-0.2, -0.15) is 4.31 Å². The number of fused-ring (bicyclic) bond motifs is 1. The average Bonchev–Trinajstić information content (AvgIpc) is 2.89. The van der Waals surface area contributed by atoms with Gasteiger partial charge in [0.1, 0.15) is 0 Å². The number of hydrogen-bond donors (Lipinski definition) is 1. The van der Waals surface area contributed by atoms with Crippen LogP contribution in [0.3, 0.4) is 0 Å². The first-order valence-electron chi connectivity index (χ1n) is 9.48. The van der Waals surface area contributed by atoms with Crippen LogP contribution in [-0.2, 0) is 32.4 Å². The number of amides is 1. The molecule has 2 aliphatic rings. The SMILES string of the molecule is COC1CCN(S(=O)(=O)c2ccc3c(c2)CCN(C(C)=O)CC3)C(CN)C1.Cl. The number of ether oxygens (including phenoxy) is 1. The molecule has 0 aliphatic carbocycles. The van der Waals surface area contributed by atoms with Crippen molar-refractivity contribution in [1.29, 1.82) is 0 Å². The summed E-state index contributed by atoms with van der Waals surface area (Å²) in [5, 5.41) is 0. The molecule has 0 radical (unpaired) electrons. The summed E-state index contributed by atoms with van der Waals surface area (Å²) in [6.07, 6.45) is 2.76. The first-order chi connectivity index (χ1) is 12.9. The smallest absolute Gasteiger partial charge is 0.243 e. The van der Waals surface area contributed by atoms with Crippen molar-refractivity contribution in [1.82, 2.24) is 9.21 Å². The third kappa shape index (κ3) is 4.68. The summed E-state index contributed by atoms with van der Waals surface area (Å²) in [4.78, 5) is 13.8. The maximum absolute atomic E-state index is 13.3. The van der Waals surface area contributed by atoms with Gasteiger partial charge in [0.2, 0.25) is 15.9 Å². The number of benzene rings is 1. The monoisotopic (exact) mass is 431 g/mol. The van der Waals surface area contributed by atoms with Crippen LogP contribution in [0, 0.1) is 0 Å². The molecule has 7 nitrogen and oxygen atoms in total. The zero-order valence-corrected chi connectivity index (χ0v) is 18.1. The minimum Gasteiger partial charge on any atom is -0.381 e. The molecule has 0 spiro atoms. The number of carbonyl (C=O) groups excluding carboxylic acids is 1. The van der Waals surface area contributed by atoms with Crippen LogP contribution in [0.4, 0.5) is 0 Å². The number of nitrogens with zero attached hydrogens (tertiary/aromatic N) is 2. The summed E-state index contributed by atoms with van der Waals surface area (Å²) >= 11 is 0. The zero-order valence-electron chi connectivity index (χ0n) is 16.5. The van der Waals surface area contributed by atoms with E-state index >= 15 is 0 Å². The highest BCUT2D eigenvalue weighted by atomic mass is 35.5. The fourth-order valence-corrected chi connectivity index (χ4v) is 5.76. The third-order valence-corrected chi connectivity index (χ3v) is 7.70. The van der Waals surface area contributed by atoms with Crippen molar-refractivity contribution in [2.45, 2.75) is 49.6 Å². The van der Waals surface area contributed by atoms with Crippen molar-refractivity contribution in [2.75, 3.05) is 33.3 Å². The van der Waals surface area contributed by atoms with Crippen LogP contribution in [0.2, 0.25) is 0 Å². The molecule has 0 bridgehead atoms. The van der Waals surface area contributed by atoms with Gasteiger partial charge in [0.15, 0.2) is 0 Å². The van der Waals surface area contributed by atoms with Crippen molar-refractivity contribution in [3.63, 3.8) is 0 Å². The molecular weight excluding hydrogens is 402 g/mol. The number of halogens is 1. The molecular formula is C19H30ClN3O4S. The van der Waals surface area contributed by atoms with Gasteiger partial charge in [-0.25, -0.2) is 8.42 Å². The fourth-order valence-electron chi connectivity index (χ4n) is 4.05. The van der Waals surface area contributed by atoms with Gasteiger partial charge in [0.05, 0.1) is 11.0 Å². The minimum atomic E-state index is -3.61. The van der Waals surface area contributed by atoms with Crippen molar-refractivity contribution in [2.24, 2.45) is 5.73 Å². The molecule has 0 saturated carbocycles. The molecule has 1 aromatic carbocycles. The number of hydrogen-bond acceptors (Lipinski definition) is 5. The van der Waals surface area contributed by atoms with E-state index in [1.807, 2.05) is 11.0 Å². The number of piperidine rings is 1. The maximum atomic E-state index is 13.3. The first kappa shape index (κ1) is 23.1. The standard InChI is InChI=1S/C19H29N3O4S.ClH/c1-14(23)21-8-5-15-3-4-19(11-16(15)6-9-21)27(24,25)22-10-7-18(26-2)12-17(22)13-20;/h3-4,11,17-18H,5-10,12-13,20H2,1-2H3;1H. The van der Waals surface area contributed by atoms with Crippen LogP contribution in [-0.4, -0.2) is 69.0 Å². The van der Waals surface area contributed by atoms with E-state index in [1.165, 1.54) is 4.31 Å². The van der Waals surface area contributed by atoms with Gasteiger partial charge in [-0.1, -0.05) is 6.07 Å². The molecule has 2 heterocycles. The van der Waals surface area contributed by atoms with Crippen LogP contribution < -0.4 is 5.73 Å². The number of methoxy groups -OCH3 is 1. The molecule has 158 valence electrons. The molecule has 1 aromatic rings. The second-order valence-electron chi connectivity index (χ2n) is 7.32. The Morgan fingerprint density at radius 3 is 2.50 bits per heavy atom. The second-order valence-corrected chi connectivity index (χ2v) is 9.21. The quantitative estimate of drug-likeness (QED) is 0.772. The van der Waals surface area contributed by atoms with E-state index in [1.54, 1.807) is 26.2 Å². The van der Waals surface area contributed by atoms with Crippen LogP contribution in [0.5, 0.6) is 0 Å². The highest BCUT2D eigenvalue weighted by molar-refractivity contribution is 7.89. The molecule has 28 heavy (non-hydrogen) atoms. The Balaban J connectivity index is 0.00000280. The third-order valence-electron chi connectivity index (χ3n) is 5.75. The fraction of sp³-hybridized carbons (Fsp3) is 0.632. The van der Waals surface area contributed by atoms with E-state index in [9.17, 15) is 13.2 Å². The molecule has 1 fully saturated rings. The summed E-state index contributed by atoms with van der Waals surface area (Å²) in [5.41, 5.74) is 7.99. The van der Waals surface area contributed by atoms with Gasteiger partial charge in [0, 0.05) is 46.3 Å².